The van der Waals surface area contributed by atoms with E-state index in [1.54, 1.807) is 46.9 Å². The number of ether oxygens (including phenoxy) is 1. The number of hydrogen-bond donors (Lipinski definition) is 0. The molecule has 0 saturated heterocycles. The molecule has 0 radical (unpaired) electrons. The fraction of sp³-hybridized carbons (Fsp3) is 0.0667. The van der Waals surface area contributed by atoms with Crippen molar-refractivity contribution in [2.45, 2.75) is 6.61 Å². The average Bonchev–Trinajstić information content (AvgIpc) is 3.16. The summed E-state index contributed by atoms with van der Waals surface area (Å²) in [6.07, 6.45) is 0. The summed E-state index contributed by atoms with van der Waals surface area (Å²) < 4.78 is 5.25. The Bertz CT molecular complexity index is 735. The first kappa shape index (κ1) is 14.3. The number of esters is 1. The van der Waals surface area contributed by atoms with E-state index in [1.165, 1.54) is 0 Å². The van der Waals surface area contributed by atoms with Crippen LogP contribution in [0.15, 0.2) is 46.5 Å². The maximum atomic E-state index is 11.9. The molecular formula is C15H10ClNO2S2. The van der Waals surface area contributed by atoms with Crippen molar-refractivity contribution in [3.05, 3.63) is 62.8 Å². The van der Waals surface area contributed by atoms with E-state index in [0.717, 1.165) is 16.3 Å². The minimum absolute atomic E-state index is 0.169. The summed E-state index contributed by atoms with van der Waals surface area (Å²) in [5.74, 6) is -0.378. The second-order valence-corrected chi connectivity index (χ2v) is 6.31. The van der Waals surface area contributed by atoms with E-state index in [-0.39, 0.29) is 12.6 Å². The summed E-state index contributed by atoms with van der Waals surface area (Å²) in [5, 5.41) is 7.49. The first-order valence-corrected chi connectivity index (χ1v) is 8.32. The molecule has 0 unspecified atom stereocenters. The Morgan fingerprint density at radius 2 is 2.00 bits per heavy atom. The minimum Gasteiger partial charge on any atom is -0.456 e. The summed E-state index contributed by atoms with van der Waals surface area (Å²) in [7, 11) is 0. The van der Waals surface area contributed by atoms with Crippen molar-refractivity contribution >= 4 is 40.2 Å². The molecule has 0 atom stereocenters. The molecule has 0 amide bonds. The van der Waals surface area contributed by atoms with Gasteiger partial charge in [0.05, 0.1) is 11.3 Å². The van der Waals surface area contributed by atoms with Crippen molar-refractivity contribution in [2.75, 3.05) is 0 Å². The number of hydrogen-bond acceptors (Lipinski definition) is 5. The van der Waals surface area contributed by atoms with E-state index < -0.39 is 0 Å². The van der Waals surface area contributed by atoms with Crippen LogP contribution in [0.4, 0.5) is 0 Å². The van der Waals surface area contributed by atoms with Crippen LogP contribution in [0, 0.1) is 0 Å². The normalized spacial score (nSPS) is 10.5. The molecule has 3 rings (SSSR count). The highest BCUT2D eigenvalue weighted by molar-refractivity contribution is 7.14. The van der Waals surface area contributed by atoms with Crippen molar-refractivity contribution in [2.24, 2.45) is 0 Å². The zero-order valence-corrected chi connectivity index (χ0v) is 13.2. The van der Waals surface area contributed by atoms with Gasteiger partial charge in [-0.3, -0.25) is 0 Å². The number of benzene rings is 1. The maximum Gasteiger partial charge on any atom is 0.338 e. The molecular weight excluding hydrogens is 326 g/mol. The summed E-state index contributed by atoms with van der Waals surface area (Å²) in [6.45, 7) is 0.169. The van der Waals surface area contributed by atoms with Crippen LogP contribution in [-0.2, 0) is 11.3 Å². The lowest BCUT2D eigenvalue weighted by Gasteiger charge is -2.02. The molecule has 106 valence electrons. The third kappa shape index (κ3) is 3.50. The maximum absolute atomic E-state index is 11.9. The predicted octanol–water partition coefficient (Wildman–Crippen LogP) is 4.88. The highest BCUT2D eigenvalue weighted by atomic mass is 35.5. The summed E-state index contributed by atoms with van der Waals surface area (Å²) in [6, 6.07) is 8.63. The molecule has 2 aromatic heterocycles. The SMILES string of the molecule is O=C(OCc1csc(-c2ccsc2)n1)c1ccc(Cl)cc1. The third-order valence-corrected chi connectivity index (χ3v) is 4.63. The molecule has 0 aliphatic heterocycles. The van der Waals surface area contributed by atoms with Crippen molar-refractivity contribution < 1.29 is 9.53 Å². The van der Waals surface area contributed by atoms with Crippen LogP contribution in [-0.4, -0.2) is 11.0 Å². The number of thiophene rings is 1. The monoisotopic (exact) mass is 335 g/mol. The smallest absolute Gasteiger partial charge is 0.338 e. The molecule has 0 aliphatic carbocycles. The first-order valence-electron chi connectivity index (χ1n) is 6.12. The molecule has 0 spiro atoms. The van der Waals surface area contributed by atoms with E-state index in [9.17, 15) is 4.79 Å². The van der Waals surface area contributed by atoms with Crippen molar-refractivity contribution in [1.82, 2.24) is 4.98 Å². The van der Waals surface area contributed by atoms with Gasteiger partial charge in [0.2, 0.25) is 0 Å². The molecule has 2 heterocycles. The number of rotatable bonds is 4. The molecule has 6 heteroatoms. The Hall–Kier alpha value is -1.69. The molecule has 0 saturated carbocycles. The van der Waals surface area contributed by atoms with Crippen molar-refractivity contribution in [1.29, 1.82) is 0 Å². The molecule has 0 aliphatic rings. The number of carbonyl (C=O) groups is 1. The number of nitrogens with zero attached hydrogens (tertiary/aromatic N) is 1. The lowest BCUT2D eigenvalue weighted by Crippen LogP contribution is -2.05. The second kappa shape index (κ2) is 6.39. The van der Waals surface area contributed by atoms with E-state index in [0.29, 0.717) is 10.6 Å². The van der Waals surface area contributed by atoms with Gasteiger partial charge in [-0.05, 0) is 35.7 Å². The quantitative estimate of drug-likeness (QED) is 0.638. The summed E-state index contributed by atoms with van der Waals surface area (Å²) in [5.41, 5.74) is 2.33. The van der Waals surface area contributed by atoms with Gasteiger partial charge in [0.15, 0.2) is 0 Å². The Labute approximate surface area is 134 Å². The van der Waals surface area contributed by atoms with Gasteiger partial charge in [-0.25, -0.2) is 9.78 Å². The van der Waals surface area contributed by atoms with E-state index >= 15 is 0 Å². The fourth-order valence-corrected chi connectivity index (χ4v) is 3.34. The van der Waals surface area contributed by atoms with Gasteiger partial charge in [0.1, 0.15) is 11.6 Å². The minimum atomic E-state index is -0.378. The van der Waals surface area contributed by atoms with Gasteiger partial charge in [0.25, 0.3) is 0 Å². The molecule has 0 N–H and O–H groups in total. The Kier molecular flexibility index (Phi) is 4.34. The van der Waals surface area contributed by atoms with Gasteiger partial charge < -0.3 is 4.74 Å². The number of aromatic nitrogens is 1. The number of halogens is 1. The molecule has 0 fully saturated rings. The zero-order chi connectivity index (χ0) is 14.7. The third-order valence-electron chi connectivity index (χ3n) is 2.75. The van der Waals surface area contributed by atoms with Crippen LogP contribution in [0.5, 0.6) is 0 Å². The largest absolute Gasteiger partial charge is 0.456 e. The van der Waals surface area contributed by atoms with Crippen LogP contribution >= 0.6 is 34.3 Å². The van der Waals surface area contributed by atoms with E-state index in [2.05, 4.69) is 4.98 Å². The van der Waals surface area contributed by atoms with Gasteiger partial charge in [0, 0.05) is 21.3 Å². The van der Waals surface area contributed by atoms with E-state index in [4.69, 9.17) is 16.3 Å². The predicted molar refractivity (Wildman–Crippen MR) is 86.0 cm³/mol. The number of carbonyl (C=O) groups excluding carboxylic acids is 1. The Balaban J connectivity index is 1.62. The first-order chi connectivity index (χ1) is 10.2. The highest BCUT2D eigenvalue weighted by Gasteiger charge is 2.10. The highest BCUT2D eigenvalue weighted by Crippen LogP contribution is 2.26. The Morgan fingerprint density at radius 3 is 2.71 bits per heavy atom. The molecule has 1 aromatic carbocycles. The lowest BCUT2D eigenvalue weighted by molar-refractivity contribution is 0.0468. The second-order valence-electron chi connectivity index (χ2n) is 4.24. The van der Waals surface area contributed by atoms with Gasteiger partial charge >= 0.3 is 5.97 Å². The van der Waals surface area contributed by atoms with Crippen LogP contribution in [0.1, 0.15) is 16.1 Å². The summed E-state index contributed by atoms with van der Waals surface area (Å²) >= 11 is 8.96. The van der Waals surface area contributed by atoms with Gasteiger partial charge in [-0.1, -0.05) is 11.6 Å². The fourth-order valence-electron chi connectivity index (χ4n) is 1.70. The van der Waals surface area contributed by atoms with Gasteiger partial charge in [-0.15, -0.1) is 11.3 Å². The van der Waals surface area contributed by atoms with E-state index in [1.807, 2.05) is 22.2 Å². The molecule has 21 heavy (non-hydrogen) atoms. The van der Waals surface area contributed by atoms with Gasteiger partial charge in [-0.2, -0.15) is 11.3 Å². The number of thiazole rings is 1. The average molecular weight is 336 g/mol. The topological polar surface area (TPSA) is 39.2 Å². The van der Waals surface area contributed by atoms with Crippen LogP contribution in [0.25, 0.3) is 10.6 Å². The molecule has 3 nitrogen and oxygen atoms in total. The van der Waals surface area contributed by atoms with Crippen molar-refractivity contribution in [3.63, 3.8) is 0 Å². The molecule has 3 aromatic rings. The molecule has 0 bridgehead atoms. The summed E-state index contributed by atoms with van der Waals surface area (Å²) in [4.78, 5) is 16.3. The van der Waals surface area contributed by atoms with Crippen LogP contribution in [0.3, 0.4) is 0 Å². The lowest BCUT2D eigenvalue weighted by atomic mass is 10.2. The zero-order valence-electron chi connectivity index (χ0n) is 10.8. The van der Waals surface area contributed by atoms with Crippen LogP contribution in [0.2, 0.25) is 5.02 Å². The Morgan fingerprint density at radius 1 is 1.19 bits per heavy atom. The van der Waals surface area contributed by atoms with Crippen molar-refractivity contribution in [3.8, 4) is 10.6 Å². The standard InChI is InChI=1S/C15H10ClNO2S2/c16-12-3-1-10(2-4-12)15(18)19-7-13-9-21-14(17-13)11-5-6-20-8-11/h1-6,8-9H,7H2. The van der Waals surface area contributed by atoms with Crippen LogP contribution < -0.4 is 0 Å².